The number of benzene rings is 1. The highest BCUT2D eigenvalue weighted by Gasteiger charge is 2.11. The number of thiocarbonyl (C=S) groups is 1. The van der Waals surface area contributed by atoms with Gasteiger partial charge >= 0.3 is 5.91 Å². The lowest BCUT2D eigenvalue weighted by atomic mass is 10.1. The van der Waals surface area contributed by atoms with E-state index < -0.39 is 0 Å². The standard InChI is InChI=1S/C17H22N4O2S/c1-11-5-6-13(9-12(11)2)18-17(24)20-19-16(22)15-8-7-14(23-15)10-21(3)4/h5-9H,10H2,1-4H3,(H,19,22)(H2,18,20,24). The third kappa shape index (κ3) is 5.07. The highest BCUT2D eigenvalue weighted by Crippen LogP contribution is 2.14. The molecule has 0 fully saturated rings. The molecule has 2 aromatic rings. The molecule has 0 aliphatic heterocycles. The van der Waals surface area contributed by atoms with E-state index in [1.807, 2.05) is 51.0 Å². The van der Waals surface area contributed by atoms with Crippen LogP contribution in [-0.4, -0.2) is 30.0 Å². The van der Waals surface area contributed by atoms with Crippen molar-refractivity contribution in [1.82, 2.24) is 15.8 Å². The van der Waals surface area contributed by atoms with E-state index in [-0.39, 0.29) is 11.7 Å². The monoisotopic (exact) mass is 346 g/mol. The average Bonchev–Trinajstić information content (AvgIpc) is 2.96. The number of nitrogens with zero attached hydrogens (tertiary/aromatic N) is 1. The zero-order valence-corrected chi connectivity index (χ0v) is 15.1. The Bertz CT molecular complexity index is 740. The van der Waals surface area contributed by atoms with Gasteiger partial charge in [0.2, 0.25) is 0 Å². The van der Waals surface area contributed by atoms with Crippen molar-refractivity contribution in [3.63, 3.8) is 0 Å². The molecular formula is C17H22N4O2S. The molecule has 1 heterocycles. The molecule has 0 saturated carbocycles. The molecule has 0 aliphatic rings. The number of anilines is 1. The van der Waals surface area contributed by atoms with Crippen LogP contribution >= 0.6 is 12.2 Å². The molecule has 0 unspecified atom stereocenters. The van der Waals surface area contributed by atoms with E-state index >= 15 is 0 Å². The maximum absolute atomic E-state index is 12.0. The van der Waals surface area contributed by atoms with Crippen LogP contribution in [0.1, 0.15) is 27.4 Å². The Hall–Kier alpha value is -2.38. The number of rotatable bonds is 4. The second kappa shape index (κ2) is 7.94. The van der Waals surface area contributed by atoms with Gasteiger partial charge in [0.25, 0.3) is 0 Å². The van der Waals surface area contributed by atoms with Crippen LogP contribution in [0.25, 0.3) is 0 Å². The molecule has 6 nitrogen and oxygen atoms in total. The van der Waals surface area contributed by atoms with Crippen molar-refractivity contribution in [2.45, 2.75) is 20.4 Å². The van der Waals surface area contributed by atoms with Crippen LogP contribution in [0.5, 0.6) is 0 Å². The summed E-state index contributed by atoms with van der Waals surface area (Å²) in [6, 6.07) is 9.34. The molecule has 0 aliphatic carbocycles. The Labute approximate surface area is 147 Å². The summed E-state index contributed by atoms with van der Waals surface area (Å²) in [4.78, 5) is 14.0. The first-order chi connectivity index (χ1) is 11.3. The largest absolute Gasteiger partial charge is 0.454 e. The summed E-state index contributed by atoms with van der Waals surface area (Å²) in [5.41, 5.74) is 8.40. The number of hydrogen-bond acceptors (Lipinski definition) is 4. The molecule has 3 N–H and O–H groups in total. The second-order valence-electron chi connectivity index (χ2n) is 5.84. The summed E-state index contributed by atoms with van der Waals surface area (Å²) in [6.07, 6.45) is 0. The molecule has 0 spiro atoms. The SMILES string of the molecule is Cc1ccc(NC(=S)NNC(=O)c2ccc(CN(C)C)o2)cc1C. The average molecular weight is 346 g/mol. The first-order valence-corrected chi connectivity index (χ1v) is 7.94. The molecule has 24 heavy (non-hydrogen) atoms. The second-order valence-corrected chi connectivity index (χ2v) is 6.24. The summed E-state index contributed by atoms with van der Waals surface area (Å²) >= 11 is 5.17. The van der Waals surface area contributed by atoms with Crippen LogP contribution in [-0.2, 0) is 6.54 Å². The lowest BCUT2D eigenvalue weighted by Gasteiger charge is -2.12. The first-order valence-electron chi connectivity index (χ1n) is 7.53. The Balaban J connectivity index is 1.85. The van der Waals surface area contributed by atoms with E-state index in [2.05, 4.69) is 16.2 Å². The maximum Gasteiger partial charge on any atom is 0.305 e. The van der Waals surface area contributed by atoms with E-state index in [1.54, 1.807) is 12.1 Å². The number of carbonyl (C=O) groups excluding carboxylic acids is 1. The highest BCUT2D eigenvalue weighted by atomic mass is 32.1. The van der Waals surface area contributed by atoms with Crippen molar-refractivity contribution < 1.29 is 9.21 Å². The Morgan fingerprint density at radius 2 is 1.88 bits per heavy atom. The number of hydrogen-bond donors (Lipinski definition) is 3. The number of nitrogens with one attached hydrogen (secondary N) is 3. The quantitative estimate of drug-likeness (QED) is 0.584. The first kappa shape index (κ1) is 18.0. The number of hydrazine groups is 1. The molecule has 1 amide bonds. The zero-order chi connectivity index (χ0) is 17.7. The van der Waals surface area contributed by atoms with Gasteiger partial charge in [-0.3, -0.25) is 15.6 Å². The molecule has 1 aromatic heterocycles. The van der Waals surface area contributed by atoms with Crippen molar-refractivity contribution >= 4 is 28.9 Å². The van der Waals surface area contributed by atoms with Crippen molar-refractivity contribution in [3.05, 3.63) is 53.0 Å². The zero-order valence-electron chi connectivity index (χ0n) is 14.3. The fraction of sp³-hybridized carbons (Fsp3) is 0.294. The van der Waals surface area contributed by atoms with Gasteiger partial charge in [-0.05, 0) is 75.6 Å². The Morgan fingerprint density at radius 1 is 1.12 bits per heavy atom. The van der Waals surface area contributed by atoms with Gasteiger partial charge in [0, 0.05) is 5.69 Å². The lowest BCUT2D eigenvalue weighted by Crippen LogP contribution is -2.43. The van der Waals surface area contributed by atoms with Crippen molar-refractivity contribution in [3.8, 4) is 0 Å². The molecule has 2 rings (SSSR count). The van der Waals surface area contributed by atoms with Crippen LogP contribution in [0.2, 0.25) is 0 Å². The molecule has 0 saturated heterocycles. The van der Waals surface area contributed by atoms with E-state index in [0.717, 1.165) is 17.0 Å². The van der Waals surface area contributed by atoms with Gasteiger partial charge in [-0.2, -0.15) is 0 Å². The van der Waals surface area contributed by atoms with E-state index in [9.17, 15) is 4.79 Å². The van der Waals surface area contributed by atoms with Gasteiger partial charge < -0.3 is 14.6 Å². The van der Waals surface area contributed by atoms with Gasteiger partial charge in [0.05, 0.1) is 6.54 Å². The van der Waals surface area contributed by atoms with Gasteiger partial charge in [-0.1, -0.05) is 6.07 Å². The van der Waals surface area contributed by atoms with Crippen LogP contribution in [0.15, 0.2) is 34.7 Å². The predicted molar refractivity (Wildman–Crippen MR) is 98.8 cm³/mol. The minimum atomic E-state index is -0.385. The van der Waals surface area contributed by atoms with Crippen molar-refractivity contribution in [2.24, 2.45) is 0 Å². The maximum atomic E-state index is 12.0. The molecular weight excluding hydrogens is 324 g/mol. The predicted octanol–water partition coefficient (Wildman–Crippen LogP) is 2.59. The summed E-state index contributed by atoms with van der Waals surface area (Å²) in [5.74, 6) is 0.568. The summed E-state index contributed by atoms with van der Waals surface area (Å²) < 4.78 is 5.48. The molecule has 7 heteroatoms. The molecule has 128 valence electrons. The Kier molecular flexibility index (Phi) is 5.94. The lowest BCUT2D eigenvalue weighted by molar-refractivity contribution is 0.0913. The van der Waals surface area contributed by atoms with Gasteiger partial charge in [-0.25, -0.2) is 0 Å². The molecule has 0 atom stereocenters. The summed E-state index contributed by atoms with van der Waals surface area (Å²) in [5, 5.41) is 3.31. The summed E-state index contributed by atoms with van der Waals surface area (Å²) in [7, 11) is 3.86. The van der Waals surface area contributed by atoms with E-state index in [0.29, 0.717) is 11.7 Å². The van der Waals surface area contributed by atoms with Gasteiger partial charge in [0.1, 0.15) is 5.76 Å². The van der Waals surface area contributed by atoms with Crippen LogP contribution < -0.4 is 16.2 Å². The fourth-order valence-electron chi connectivity index (χ4n) is 2.05. The summed E-state index contributed by atoms with van der Waals surface area (Å²) in [6.45, 7) is 4.71. The smallest absolute Gasteiger partial charge is 0.305 e. The van der Waals surface area contributed by atoms with Crippen LogP contribution in [0.4, 0.5) is 5.69 Å². The molecule has 1 aromatic carbocycles. The highest BCUT2D eigenvalue weighted by molar-refractivity contribution is 7.80. The molecule has 0 radical (unpaired) electrons. The fourth-order valence-corrected chi connectivity index (χ4v) is 2.22. The van der Waals surface area contributed by atoms with E-state index in [1.165, 1.54) is 5.56 Å². The number of aryl methyl sites for hydroxylation is 2. The topological polar surface area (TPSA) is 69.5 Å². The van der Waals surface area contributed by atoms with Crippen molar-refractivity contribution in [2.75, 3.05) is 19.4 Å². The Morgan fingerprint density at radius 3 is 2.54 bits per heavy atom. The minimum Gasteiger partial charge on any atom is -0.454 e. The van der Waals surface area contributed by atoms with Crippen LogP contribution in [0, 0.1) is 13.8 Å². The van der Waals surface area contributed by atoms with Crippen LogP contribution in [0.3, 0.4) is 0 Å². The van der Waals surface area contributed by atoms with Gasteiger partial charge in [-0.15, -0.1) is 0 Å². The third-order valence-corrected chi connectivity index (χ3v) is 3.62. The third-order valence-electron chi connectivity index (χ3n) is 3.41. The van der Waals surface area contributed by atoms with Crippen molar-refractivity contribution in [1.29, 1.82) is 0 Å². The number of carbonyl (C=O) groups is 1. The normalized spacial score (nSPS) is 10.5. The molecule has 0 bridgehead atoms. The minimum absolute atomic E-state index is 0.230. The number of furan rings is 1. The van der Waals surface area contributed by atoms with E-state index in [4.69, 9.17) is 16.6 Å². The number of amides is 1. The van der Waals surface area contributed by atoms with Gasteiger partial charge in [0.15, 0.2) is 10.9 Å².